The Morgan fingerprint density at radius 2 is 1.79 bits per heavy atom. The average Bonchev–Trinajstić information content (AvgIpc) is 3.04. The minimum absolute atomic E-state index is 0.118. The van der Waals surface area contributed by atoms with Crippen molar-refractivity contribution in [3.05, 3.63) is 66.1 Å². The maximum atomic E-state index is 12.2. The van der Waals surface area contributed by atoms with Crippen LogP contribution in [0.5, 0.6) is 0 Å². The number of nitrogens with zero attached hydrogens (tertiary/aromatic N) is 4. The highest BCUT2D eigenvalue weighted by atomic mass is 32.2. The topological polar surface area (TPSA) is 77.0 Å². The number of urea groups is 1. The third-order valence-corrected chi connectivity index (χ3v) is 5.41. The zero-order valence-electron chi connectivity index (χ0n) is 16.6. The Bertz CT molecular complexity index is 945. The van der Waals surface area contributed by atoms with Crippen molar-refractivity contribution in [3.63, 3.8) is 0 Å². The lowest BCUT2D eigenvalue weighted by Gasteiger charge is -2.20. The highest BCUT2D eigenvalue weighted by Gasteiger charge is 2.24. The van der Waals surface area contributed by atoms with Gasteiger partial charge in [-0.1, -0.05) is 32.9 Å². The number of benzene rings is 1. The molecule has 0 unspecified atom stereocenters. The maximum Gasteiger partial charge on any atom is 0.325 e. The van der Waals surface area contributed by atoms with Gasteiger partial charge in [-0.25, -0.2) is 9.69 Å². The zero-order valence-corrected chi connectivity index (χ0v) is 17.4. The van der Waals surface area contributed by atoms with Crippen LogP contribution >= 0.6 is 11.8 Å². The number of amides is 2. The number of anilines is 2. The molecule has 0 atom stereocenters. The van der Waals surface area contributed by atoms with Crippen LogP contribution < -0.4 is 10.6 Å². The van der Waals surface area contributed by atoms with Crippen LogP contribution in [0.15, 0.2) is 59.8 Å². The fraction of sp³-hybridized carbons (Fsp3) is 0.286. The van der Waals surface area contributed by atoms with Gasteiger partial charge in [0.2, 0.25) is 0 Å². The lowest BCUT2D eigenvalue weighted by atomic mass is 9.92. The molecule has 0 aliphatic carbocycles. The molecule has 0 spiro atoms. The number of aryl methyl sites for hydroxylation is 1. The van der Waals surface area contributed by atoms with Crippen LogP contribution in [-0.2, 0) is 18.2 Å². The molecule has 7 heteroatoms. The van der Waals surface area contributed by atoms with E-state index in [4.69, 9.17) is 5.73 Å². The molecule has 0 saturated carbocycles. The van der Waals surface area contributed by atoms with Crippen molar-refractivity contribution in [2.24, 2.45) is 12.8 Å². The molecule has 3 aromatic rings. The molecule has 0 saturated heterocycles. The van der Waals surface area contributed by atoms with Crippen molar-refractivity contribution in [3.8, 4) is 0 Å². The Hall–Kier alpha value is -2.80. The van der Waals surface area contributed by atoms with Crippen molar-refractivity contribution < 1.29 is 4.79 Å². The van der Waals surface area contributed by atoms with Gasteiger partial charge in [0.15, 0.2) is 0 Å². The van der Waals surface area contributed by atoms with Gasteiger partial charge in [-0.15, -0.1) is 11.8 Å². The Labute approximate surface area is 169 Å². The standard InChI is InChI=1S/C21H25N5OS/c1-21(2,3)18-13-19(25(4)24-18)26(20(22)27)16-7-5-15(6-8-16)14-28-17-9-11-23-12-10-17/h5-13H,14H2,1-4H3,(H2,22,27). The van der Waals surface area contributed by atoms with Crippen molar-refractivity contribution in [2.45, 2.75) is 36.8 Å². The van der Waals surface area contributed by atoms with E-state index in [-0.39, 0.29) is 5.41 Å². The number of carbonyl (C=O) groups is 1. The first-order chi connectivity index (χ1) is 13.3. The van der Waals surface area contributed by atoms with Gasteiger partial charge in [0.05, 0.1) is 11.4 Å². The molecule has 2 amide bonds. The fourth-order valence-corrected chi connectivity index (χ4v) is 3.59. The lowest BCUT2D eigenvalue weighted by Crippen LogP contribution is -2.32. The van der Waals surface area contributed by atoms with E-state index in [9.17, 15) is 4.79 Å². The van der Waals surface area contributed by atoms with Gasteiger partial charge in [0.1, 0.15) is 5.82 Å². The van der Waals surface area contributed by atoms with Gasteiger partial charge in [0.25, 0.3) is 0 Å². The highest BCUT2D eigenvalue weighted by molar-refractivity contribution is 7.98. The van der Waals surface area contributed by atoms with Crippen LogP contribution in [0.25, 0.3) is 0 Å². The molecule has 0 radical (unpaired) electrons. The SMILES string of the molecule is Cn1nc(C(C)(C)C)cc1N(C(N)=O)c1ccc(CSc2ccncc2)cc1. The Morgan fingerprint density at radius 1 is 1.14 bits per heavy atom. The van der Waals surface area contributed by atoms with E-state index in [0.717, 1.165) is 17.0 Å². The largest absolute Gasteiger partial charge is 0.351 e. The Morgan fingerprint density at radius 3 is 2.32 bits per heavy atom. The molecule has 28 heavy (non-hydrogen) atoms. The van der Waals surface area contributed by atoms with Gasteiger partial charge >= 0.3 is 6.03 Å². The summed E-state index contributed by atoms with van der Waals surface area (Å²) in [4.78, 5) is 18.9. The van der Waals surface area contributed by atoms with E-state index >= 15 is 0 Å². The second-order valence-corrected chi connectivity index (χ2v) is 8.62. The fourth-order valence-electron chi connectivity index (χ4n) is 2.75. The molecule has 6 nitrogen and oxygen atoms in total. The smallest absolute Gasteiger partial charge is 0.325 e. The number of carbonyl (C=O) groups excluding carboxylic acids is 1. The summed E-state index contributed by atoms with van der Waals surface area (Å²) >= 11 is 1.74. The second-order valence-electron chi connectivity index (χ2n) is 7.57. The predicted molar refractivity (Wildman–Crippen MR) is 114 cm³/mol. The van der Waals surface area contributed by atoms with Crippen LogP contribution in [0.1, 0.15) is 32.0 Å². The molecule has 2 aromatic heterocycles. The van der Waals surface area contributed by atoms with Crippen molar-refractivity contribution in [1.82, 2.24) is 14.8 Å². The molecule has 2 N–H and O–H groups in total. The minimum atomic E-state index is -0.539. The number of nitrogens with two attached hydrogens (primary N) is 1. The number of aromatic nitrogens is 3. The molecule has 146 valence electrons. The number of hydrogen-bond donors (Lipinski definition) is 1. The first kappa shape index (κ1) is 19.9. The van der Waals surface area contributed by atoms with Crippen LogP contribution in [0.3, 0.4) is 0 Å². The molecule has 0 fully saturated rings. The van der Waals surface area contributed by atoms with Gasteiger partial charge in [0, 0.05) is 41.6 Å². The quantitative estimate of drug-likeness (QED) is 0.639. The van der Waals surface area contributed by atoms with Crippen molar-refractivity contribution >= 4 is 29.3 Å². The summed E-state index contributed by atoms with van der Waals surface area (Å²) in [6.45, 7) is 6.26. The Kier molecular flexibility index (Phi) is 5.74. The van der Waals surface area contributed by atoms with E-state index in [1.54, 1.807) is 28.8 Å². The first-order valence-corrected chi connectivity index (χ1v) is 10.00. The first-order valence-electron chi connectivity index (χ1n) is 9.01. The van der Waals surface area contributed by atoms with Crippen LogP contribution in [0.2, 0.25) is 0 Å². The third-order valence-electron chi connectivity index (χ3n) is 4.32. The molecule has 1 aromatic carbocycles. The summed E-state index contributed by atoms with van der Waals surface area (Å²) in [6, 6.07) is 13.2. The maximum absolute atomic E-state index is 12.2. The number of hydrogen-bond acceptors (Lipinski definition) is 4. The zero-order chi connectivity index (χ0) is 20.3. The van der Waals surface area contributed by atoms with E-state index in [2.05, 4.69) is 30.9 Å². The summed E-state index contributed by atoms with van der Waals surface area (Å²) in [6.07, 6.45) is 3.58. The number of thioether (sulfide) groups is 1. The second kappa shape index (κ2) is 8.06. The summed E-state index contributed by atoms with van der Waals surface area (Å²) in [7, 11) is 1.82. The summed E-state index contributed by atoms with van der Waals surface area (Å²) < 4.78 is 1.69. The minimum Gasteiger partial charge on any atom is -0.351 e. The molecule has 0 bridgehead atoms. The molecule has 0 aliphatic heterocycles. The molecule has 3 rings (SSSR count). The average molecular weight is 396 g/mol. The van der Waals surface area contributed by atoms with E-state index < -0.39 is 6.03 Å². The van der Waals surface area contributed by atoms with Crippen molar-refractivity contribution in [1.29, 1.82) is 0 Å². The summed E-state index contributed by atoms with van der Waals surface area (Å²) in [5, 5.41) is 4.55. The lowest BCUT2D eigenvalue weighted by molar-refractivity contribution is 0.255. The van der Waals surface area contributed by atoms with E-state index in [1.165, 1.54) is 9.80 Å². The van der Waals surface area contributed by atoms with Gasteiger partial charge in [-0.3, -0.25) is 9.67 Å². The monoisotopic (exact) mass is 395 g/mol. The summed E-state index contributed by atoms with van der Waals surface area (Å²) in [5.74, 6) is 1.48. The summed E-state index contributed by atoms with van der Waals surface area (Å²) in [5.41, 5.74) is 8.36. The number of pyridine rings is 1. The number of rotatable bonds is 5. The Balaban J connectivity index is 1.81. The third kappa shape index (κ3) is 4.54. The van der Waals surface area contributed by atoms with Crippen molar-refractivity contribution in [2.75, 3.05) is 4.90 Å². The van der Waals surface area contributed by atoms with E-state index in [0.29, 0.717) is 11.5 Å². The molecule has 2 heterocycles. The molecule has 0 aliphatic rings. The van der Waals surface area contributed by atoms with Gasteiger partial charge in [-0.2, -0.15) is 5.10 Å². The normalized spacial score (nSPS) is 11.4. The highest BCUT2D eigenvalue weighted by Crippen LogP contribution is 2.31. The van der Waals surface area contributed by atoms with Crippen LogP contribution in [-0.4, -0.2) is 20.8 Å². The predicted octanol–water partition coefficient (Wildman–Crippen LogP) is 4.62. The van der Waals surface area contributed by atoms with E-state index in [1.807, 2.05) is 49.5 Å². The van der Waals surface area contributed by atoms with Gasteiger partial charge in [-0.05, 0) is 29.8 Å². The van der Waals surface area contributed by atoms with Crippen LogP contribution in [0.4, 0.5) is 16.3 Å². The number of primary amides is 1. The molecular formula is C21H25N5OS. The van der Waals surface area contributed by atoms with Crippen LogP contribution in [0, 0.1) is 0 Å². The van der Waals surface area contributed by atoms with Gasteiger partial charge < -0.3 is 5.73 Å². The molecular weight excluding hydrogens is 370 g/mol.